The van der Waals surface area contributed by atoms with Gasteiger partial charge in [0, 0.05) is 18.8 Å². The molecule has 19 heavy (non-hydrogen) atoms. The van der Waals surface area contributed by atoms with Crippen LogP contribution in [0.5, 0.6) is 0 Å². The topological polar surface area (TPSA) is 44.4 Å². The van der Waals surface area contributed by atoms with Crippen LogP contribution < -0.4 is 10.6 Å². The van der Waals surface area contributed by atoms with Crippen molar-refractivity contribution in [2.75, 3.05) is 39.0 Å². The minimum Gasteiger partial charge on any atom is -0.324 e. The lowest BCUT2D eigenvalue weighted by molar-refractivity contribution is -0.115. The summed E-state index contributed by atoms with van der Waals surface area (Å²) < 4.78 is 0. The molecule has 0 aliphatic heterocycles. The van der Waals surface area contributed by atoms with Crippen LogP contribution in [0.25, 0.3) is 0 Å². The quantitative estimate of drug-likeness (QED) is 0.735. The van der Waals surface area contributed by atoms with E-state index >= 15 is 0 Å². The standard InChI is InChI=1S/C15H25N3O/c1-5-13-8-6-7-12(2)15(13)17-14(19)11-16-9-10-18(3)4/h6-8,16H,5,9-11H2,1-4H3,(H,17,19). The normalized spacial score (nSPS) is 10.8. The van der Waals surface area contributed by atoms with E-state index in [1.54, 1.807) is 0 Å². The number of anilines is 1. The number of likely N-dealkylation sites (N-methyl/N-ethyl adjacent to an activating group) is 1. The second kappa shape index (κ2) is 7.92. The van der Waals surface area contributed by atoms with E-state index < -0.39 is 0 Å². The summed E-state index contributed by atoms with van der Waals surface area (Å²) in [7, 11) is 4.03. The number of amides is 1. The zero-order valence-electron chi connectivity index (χ0n) is 12.4. The number of para-hydroxylation sites is 1. The van der Waals surface area contributed by atoms with Crippen LogP contribution in [0.3, 0.4) is 0 Å². The number of hydrogen-bond acceptors (Lipinski definition) is 3. The number of hydrogen-bond donors (Lipinski definition) is 2. The zero-order valence-corrected chi connectivity index (χ0v) is 12.4. The molecule has 0 spiro atoms. The molecule has 0 bridgehead atoms. The van der Waals surface area contributed by atoms with Gasteiger partial charge in [-0.05, 0) is 38.6 Å². The highest BCUT2D eigenvalue weighted by Gasteiger charge is 2.07. The lowest BCUT2D eigenvalue weighted by Gasteiger charge is -2.14. The molecule has 0 atom stereocenters. The molecule has 1 amide bonds. The number of aryl methyl sites for hydroxylation is 2. The lowest BCUT2D eigenvalue weighted by Crippen LogP contribution is -2.33. The van der Waals surface area contributed by atoms with Crippen LogP contribution in [0.15, 0.2) is 18.2 Å². The maximum absolute atomic E-state index is 11.9. The number of rotatable bonds is 7. The minimum absolute atomic E-state index is 0.0164. The van der Waals surface area contributed by atoms with E-state index in [1.807, 2.05) is 33.2 Å². The van der Waals surface area contributed by atoms with Crippen LogP contribution in [-0.4, -0.2) is 44.5 Å². The third kappa shape index (κ3) is 5.41. The number of nitrogens with zero attached hydrogens (tertiary/aromatic N) is 1. The van der Waals surface area contributed by atoms with Gasteiger partial charge in [0.2, 0.25) is 5.91 Å². The van der Waals surface area contributed by atoms with Crippen LogP contribution in [0, 0.1) is 6.92 Å². The highest BCUT2D eigenvalue weighted by molar-refractivity contribution is 5.93. The Bertz CT molecular complexity index is 416. The van der Waals surface area contributed by atoms with Crippen molar-refractivity contribution in [3.63, 3.8) is 0 Å². The van der Waals surface area contributed by atoms with Gasteiger partial charge in [0.25, 0.3) is 0 Å². The van der Waals surface area contributed by atoms with Crippen LogP contribution in [0.4, 0.5) is 5.69 Å². The van der Waals surface area contributed by atoms with Gasteiger partial charge in [-0.15, -0.1) is 0 Å². The minimum atomic E-state index is 0.0164. The number of carbonyl (C=O) groups excluding carboxylic acids is 1. The Balaban J connectivity index is 2.48. The van der Waals surface area contributed by atoms with E-state index in [0.717, 1.165) is 30.8 Å². The average molecular weight is 263 g/mol. The largest absolute Gasteiger partial charge is 0.324 e. The molecule has 0 fully saturated rings. The summed E-state index contributed by atoms with van der Waals surface area (Å²) in [4.78, 5) is 14.0. The van der Waals surface area contributed by atoms with Gasteiger partial charge in [-0.1, -0.05) is 25.1 Å². The fourth-order valence-corrected chi connectivity index (χ4v) is 1.89. The molecule has 0 heterocycles. The molecule has 0 saturated carbocycles. The van der Waals surface area contributed by atoms with Crippen LogP contribution in [0.1, 0.15) is 18.1 Å². The molecular formula is C15H25N3O. The van der Waals surface area contributed by atoms with E-state index in [0.29, 0.717) is 6.54 Å². The first kappa shape index (κ1) is 15.7. The Labute approximate surface area is 116 Å². The summed E-state index contributed by atoms with van der Waals surface area (Å²) >= 11 is 0. The smallest absolute Gasteiger partial charge is 0.238 e. The van der Waals surface area contributed by atoms with Crippen molar-refractivity contribution in [3.8, 4) is 0 Å². The highest BCUT2D eigenvalue weighted by Crippen LogP contribution is 2.20. The van der Waals surface area contributed by atoms with E-state index in [2.05, 4.69) is 28.5 Å². The molecule has 0 aliphatic carbocycles. The molecular weight excluding hydrogens is 238 g/mol. The second-order valence-electron chi connectivity index (χ2n) is 4.99. The second-order valence-corrected chi connectivity index (χ2v) is 4.99. The Hall–Kier alpha value is -1.39. The van der Waals surface area contributed by atoms with Crippen molar-refractivity contribution in [1.29, 1.82) is 0 Å². The first-order valence-corrected chi connectivity index (χ1v) is 6.78. The summed E-state index contributed by atoms with van der Waals surface area (Å²) in [6.07, 6.45) is 0.922. The van der Waals surface area contributed by atoms with Gasteiger partial charge in [-0.2, -0.15) is 0 Å². The Morgan fingerprint density at radius 1 is 1.32 bits per heavy atom. The molecule has 4 nitrogen and oxygen atoms in total. The summed E-state index contributed by atoms with van der Waals surface area (Å²) in [6, 6.07) is 6.11. The lowest BCUT2D eigenvalue weighted by atomic mass is 10.1. The summed E-state index contributed by atoms with van der Waals surface area (Å²) in [5.74, 6) is 0.0164. The molecule has 4 heteroatoms. The summed E-state index contributed by atoms with van der Waals surface area (Å²) in [6.45, 7) is 6.21. The van der Waals surface area contributed by atoms with Crippen LogP contribution >= 0.6 is 0 Å². The molecule has 1 aromatic rings. The van der Waals surface area contributed by atoms with Crippen molar-refractivity contribution in [3.05, 3.63) is 29.3 Å². The molecule has 1 rings (SSSR count). The third-order valence-electron chi connectivity index (χ3n) is 3.03. The maximum Gasteiger partial charge on any atom is 0.238 e. The van der Waals surface area contributed by atoms with Crippen molar-refractivity contribution in [2.24, 2.45) is 0 Å². The van der Waals surface area contributed by atoms with Gasteiger partial charge in [0.1, 0.15) is 0 Å². The van der Waals surface area contributed by atoms with Crippen LogP contribution in [0.2, 0.25) is 0 Å². The van der Waals surface area contributed by atoms with Gasteiger partial charge in [-0.25, -0.2) is 0 Å². The Morgan fingerprint density at radius 2 is 2.05 bits per heavy atom. The SMILES string of the molecule is CCc1cccc(C)c1NC(=O)CNCCN(C)C. The van der Waals surface area contributed by atoms with Gasteiger partial charge in [0.15, 0.2) is 0 Å². The van der Waals surface area contributed by atoms with Gasteiger partial charge in [0.05, 0.1) is 6.54 Å². The van der Waals surface area contributed by atoms with E-state index in [1.165, 1.54) is 5.56 Å². The molecule has 0 unspecified atom stereocenters. The van der Waals surface area contributed by atoms with Crippen molar-refractivity contribution >= 4 is 11.6 Å². The van der Waals surface area contributed by atoms with Crippen molar-refractivity contribution < 1.29 is 4.79 Å². The fraction of sp³-hybridized carbons (Fsp3) is 0.533. The predicted octanol–water partition coefficient (Wildman–Crippen LogP) is 1.65. The average Bonchev–Trinajstić information content (AvgIpc) is 2.37. The van der Waals surface area contributed by atoms with Crippen LogP contribution in [-0.2, 0) is 11.2 Å². The number of nitrogens with one attached hydrogen (secondary N) is 2. The van der Waals surface area contributed by atoms with Gasteiger partial charge < -0.3 is 15.5 Å². The van der Waals surface area contributed by atoms with E-state index in [4.69, 9.17) is 0 Å². The van der Waals surface area contributed by atoms with Crippen molar-refractivity contribution in [2.45, 2.75) is 20.3 Å². The summed E-state index contributed by atoms with van der Waals surface area (Å²) in [5, 5.41) is 6.14. The van der Waals surface area contributed by atoms with E-state index in [9.17, 15) is 4.79 Å². The number of benzene rings is 1. The molecule has 2 N–H and O–H groups in total. The molecule has 0 radical (unpaired) electrons. The Kier molecular flexibility index (Phi) is 6.53. The maximum atomic E-state index is 11.9. The van der Waals surface area contributed by atoms with Gasteiger partial charge in [-0.3, -0.25) is 4.79 Å². The van der Waals surface area contributed by atoms with Crippen molar-refractivity contribution in [1.82, 2.24) is 10.2 Å². The molecule has 1 aromatic carbocycles. The predicted molar refractivity (Wildman–Crippen MR) is 80.6 cm³/mol. The first-order chi connectivity index (χ1) is 9.04. The third-order valence-corrected chi connectivity index (χ3v) is 3.03. The first-order valence-electron chi connectivity index (χ1n) is 6.78. The Morgan fingerprint density at radius 3 is 2.68 bits per heavy atom. The zero-order chi connectivity index (χ0) is 14.3. The van der Waals surface area contributed by atoms with Gasteiger partial charge >= 0.3 is 0 Å². The monoisotopic (exact) mass is 263 g/mol. The molecule has 0 aromatic heterocycles. The molecule has 106 valence electrons. The fourth-order valence-electron chi connectivity index (χ4n) is 1.89. The number of carbonyl (C=O) groups is 1. The van der Waals surface area contributed by atoms with E-state index in [-0.39, 0.29) is 5.91 Å². The summed E-state index contributed by atoms with van der Waals surface area (Å²) in [5.41, 5.74) is 3.26. The molecule has 0 aliphatic rings. The molecule has 0 saturated heterocycles. The highest BCUT2D eigenvalue weighted by atomic mass is 16.1.